The molecule has 0 heterocycles. The number of carbonyl (C=O) groups is 4. The highest BCUT2D eigenvalue weighted by Gasteiger charge is 2.28. The van der Waals surface area contributed by atoms with Gasteiger partial charge in [-0.2, -0.15) is 0 Å². The monoisotopic (exact) mass is 1290 g/mol. The maximum atomic E-state index is 14.5. The van der Waals surface area contributed by atoms with Crippen molar-refractivity contribution in [3.63, 3.8) is 0 Å². The Morgan fingerprint density at radius 1 is 0.281 bits per heavy atom. The number of carbonyl (C=O) groups excluding carboxylic acids is 4. The first-order valence-electron chi connectivity index (χ1n) is 32.0. The van der Waals surface area contributed by atoms with Gasteiger partial charge in [-0.1, -0.05) is 218 Å². The summed E-state index contributed by atoms with van der Waals surface area (Å²) < 4.78 is 49.1. The SMILES string of the molecule is O=C(N[C@@H](Cc1ccc(OCc2ccccc2)cc1)C(=O)NCCOCCOCCNC(=O)[C@H](Cc1ccc(OCc2ccccc2)cc1)NC(=O)c1cccc(OCc2ccccc2)c1OCc1ccccc1)c1cccc(OCc2ccccc2)c1OCc1ccccc1. The van der Waals surface area contributed by atoms with Gasteiger partial charge < -0.3 is 59.2 Å². The van der Waals surface area contributed by atoms with Gasteiger partial charge in [-0.05, 0) is 93.0 Å². The van der Waals surface area contributed by atoms with Crippen molar-refractivity contribution >= 4 is 23.6 Å². The van der Waals surface area contributed by atoms with Crippen LogP contribution < -0.4 is 49.7 Å². The van der Waals surface area contributed by atoms with E-state index >= 15 is 0 Å². The summed E-state index contributed by atoms with van der Waals surface area (Å²) in [6.45, 7) is 2.50. The van der Waals surface area contributed by atoms with Gasteiger partial charge in [0, 0.05) is 25.9 Å². The van der Waals surface area contributed by atoms with Crippen LogP contribution in [-0.2, 0) is 71.5 Å². The van der Waals surface area contributed by atoms with Crippen LogP contribution in [0.2, 0.25) is 0 Å². The van der Waals surface area contributed by atoms with Gasteiger partial charge in [-0.3, -0.25) is 19.2 Å². The summed E-state index contributed by atoms with van der Waals surface area (Å²) in [4.78, 5) is 57.4. The van der Waals surface area contributed by atoms with Gasteiger partial charge in [0.05, 0.1) is 37.6 Å². The Labute approximate surface area is 560 Å². The van der Waals surface area contributed by atoms with Crippen molar-refractivity contribution in [3.05, 3.63) is 323 Å². The van der Waals surface area contributed by atoms with E-state index in [0.717, 1.165) is 44.5 Å². The molecule has 0 aliphatic carbocycles. The molecule has 0 fully saturated rings. The van der Waals surface area contributed by atoms with Gasteiger partial charge in [0.15, 0.2) is 23.0 Å². The summed E-state index contributed by atoms with van der Waals surface area (Å²) in [7, 11) is 0. The lowest BCUT2D eigenvalue weighted by Gasteiger charge is -2.21. The van der Waals surface area contributed by atoms with Gasteiger partial charge in [0.1, 0.15) is 63.2 Å². The van der Waals surface area contributed by atoms with Crippen LogP contribution in [0, 0.1) is 0 Å². The van der Waals surface area contributed by atoms with Crippen molar-refractivity contribution in [1.29, 1.82) is 0 Å². The number of rotatable bonds is 37. The molecule has 0 bridgehead atoms. The Morgan fingerprint density at radius 2 is 0.573 bits per heavy atom. The van der Waals surface area contributed by atoms with Crippen molar-refractivity contribution in [1.82, 2.24) is 21.3 Å². The second kappa shape index (κ2) is 36.9. The predicted octanol–water partition coefficient (Wildman–Crippen LogP) is 12.8. The van der Waals surface area contributed by atoms with Crippen molar-refractivity contribution in [3.8, 4) is 34.5 Å². The highest BCUT2D eigenvalue weighted by Crippen LogP contribution is 2.35. The largest absolute Gasteiger partial charge is 0.489 e. The number of ether oxygens (including phenoxy) is 8. The molecule has 0 radical (unpaired) electrons. The molecule has 490 valence electrons. The van der Waals surface area contributed by atoms with Gasteiger partial charge in [0.25, 0.3) is 11.8 Å². The lowest BCUT2D eigenvalue weighted by molar-refractivity contribution is -0.124. The van der Waals surface area contributed by atoms with E-state index in [2.05, 4.69) is 21.3 Å². The maximum Gasteiger partial charge on any atom is 0.255 e. The van der Waals surface area contributed by atoms with E-state index < -0.39 is 35.7 Å². The smallest absolute Gasteiger partial charge is 0.255 e. The number of hydrogen-bond donors (Lipinski definition) is 4. The Bertz CT molecular complexity index is 3720. The summed E-state index contributed by atoms with van der Waals surface area (Å²) in [5.74, 6) is 0.631. The maximum absolute atomic E-state index is 14.5. The lowest BCUT2D eigenvalue weighted by Crippen LogP contribution is -2.48. The van der Waals surface area contributed by atoms with Gasteiger partial charge in [-0.25, -0.2) is 0 Å². The minimum Gasteiger partial charge on any atom is -0.489 e. The molecule has 0 aliphatic heterocycles. The summed E-state index contributed by atoms with van der Waals surface area (Å²) in [5, 5.41) is 11.9. The Kier molecular flexibility index (Phi) is 26.0. The van der Waals surface area contributed by atoms with Crippen LogP contribution in [0.4, 0.5) is 0 Å². The van der Waals surface area contributed by atoms with Crippen molar-refractivity contribution < 1.29 is 57.1 Å². The molecule has 10 aromatic carbocycles. The van der Waals surface area contributed by atoms with Crippen molar-refractivity contribution in [2.24, 2.45) is 0 Å². The van der Waals surface area contributed by atoms with Crippen LogP contribution in [0.3, 0.4) is 0 Å². The Morgan fingerprint density at radius 3 is 0.885 bits per heavy atom. The molecule has 0 spiro atoms. The van der Waals surface area contributed by atoms with E-state index in [0.29, 0.717) is 36.2 Å². The van der Waals surface area contributed by atoms with Gasteiger partial charge in [-0.15, -0.1) is 0 Å². The Hall–Kier alpha value is -11.2. The van der Waals surface area contributed by atoms with Crippen LogP contribution >= 0.6 is 0 Å². The third-order valence-electron chi connectivity index (χ3n) is 15.3. The zero-order valence-electron chi connectivity index (χ0n) is 53.4. The first-order valence-corrected chi connectivity index (χ1v) is 32.0. The third kappa shape index (κ3) is 21.7. The first-order chi connectivity index (χ1) is 47.3. The number of amides is 4. The third-order valence-corrected chi connectivity index (χ3v) is 15.3. The molecular formula is C80H78N4O12. The number of benzene rings is 10. The molecule has 4 amide bonds. The molecule has 0 saturated carbocycles. The fourth-order valence-corrected chi connectivity index (χ4v) is 10.2. The molecule has 0 aromatic heterocycles. The lowest BCUT2D eigenvalue weighted by atomic mass is 10.0. The molecule has 16 nitrogen and oxygen atoms in total. The average molecular weight is 1290 g/mol. The van der Waals surface area contributed by atoms with E-state index in [1.165, 1.54) is 0 Å². The number of nitrogens with one attached hydrogen (secondary N) is 4. The molecule has 10 rings (SSSR count). The predicted molar refractivity (Wildman–Crippen MR) is 368 cm³/mol. The van der Waals surface area contributed by atoms with Crippen LogP contribution in [-0.4, -0.2) is 75.2 Å². The summed E-state index contributed by atoms with van der Waals surface area (Å²) >= 11 is 0. The number of para-hydroxylation sites is 2. The molecule has 10 aromatic rings. The Balaban J connectivity index is 0.743. The molecule has 0 aliphatic rings. The van der Waals surface area contributed by atoms with E-state index in [9.17, 15) is 19.2 Å². The standard InChI is InChI=1S/C80H78N4O12/c85-77(69-33-19-35-73(93-55-63-25-11-3-12-26-63)75(69)95-57-65-29-15-5-16-30-65)83-71(51-59-37-41-67(42-38-59)91-53-61-21-7-1-8-22-61)79(87)81-45-47-89-49-50-90-48-46-82-80(88)72(52-60-39-43-68(44-40-60)92-54-62-23-9-2-10-24-62)84-78(86)70-34-20-36-74(94-56-64-27-13-4-14-28-64)76(70)96-58-66-31-17-6-18-32-66/h1-44,71-72H,45-58H2,(H,81,87)(H,82,88)(H,83,85)(H,84,86)/t71-,72-/m0/s1. The quantitative estimate of drug-likeness (QED) is 0.0270. The van der Waals surface area contributed by atoms with Gasteiger partial charge >= 0.3 is 0 Å². The molecular weight excluding hydrogens is 1210 g/mol. The second-order valence-corrected chi connectivity index (χ2v) is 22.5. The van der Waals surface area contributed by atoms with E-state index in [4.69, 9.17) is 37.9 Å². The van der Waals surface area contributed by atoms with E-state index in [1.807, 2.05) is 231 Å². The average Bonchev–Trinajstić information content (AvgIpc) is 0.911. The highest BCUT2D eigenvalue weighted by atomic mass is 16.5. The van der Waals surface area contributed by atoms with Crippen molar-refractivity contribution in [2.75, 3.05) is 39.5 Å². The first kappa shape index (κ1) is 67.7. The zero-order valence-corrected chi connectivity index (χ0v) is 53.4. The number of hydrogen-bond acceptors (Lipinski definition) is 12. The fraction of sp³-hybridized carbons (Fsp3) is 0.200. The molecule has 16 heteroatoms. The minimum atomic E-state index is -1.02. The topological polar surface area (TPSA) is 190 Å². The van der Waals surface area contributed by atoms with Crippen LogP contribution in [0.5, 0.6) is 34.5 Å². The molecule has 0 unspecified atom stereocenters. The second-order valence-electron chi connectivity index (χ2n) is 22.5. The summed E-state index contributed by atoms with van der Waals surface area (Å²) in [6.07, 6.45) is 0.308. The minimum absolute atomic E-state index is 0.129. The van der Waals surface area contributed by atoms with E-state index in [-0.39, 0.29) is 101 Å². The van der Waals surface area contributed by atoms with Crippen LogP contribution in [0.25, 0.3) is 0 Å². The normalized spacial score (nSPS) is 11.5. The van der Waals surface area contributed by atoms with Crippen molar-refractivity contribution in [2.45, 2.75) is 64.6 Å². The molecule has 0 saturated heterocycles. The van der Waals surface area contributed by atoms with Crippen LogP contribution in [0.15, 0.2) is 267 Å². The molecule has 2 atom stereocenters. The van der Waals surface area contributed by atoms with Gasteiger partial charge in [0.2, 0.25) is 11.8 Å². The molecule has 96 heavy (non-hydrogen) atoms. The fourth-order valence-electron chi connectivity index (χ4n) is 10.2. The zero-order chi connectivity index (χ0) is 66.2. The summed E-state index contributed by atoms with van der Waals surface area (Å²) in [5.41, 5.74) is 7.69. The van der Waals surface area contributed by atoms with E-state index in [1.54, 1.807) is 36.4 Å². The highest BCUT2D eigenvalue weighted by molar-refractivity contribution is 6.01. The molecule has 4 N–H and O–H groups in total. The summed E-state index contributed by atoms with van der Waals surface area (Å²) in [6, 6.07) is 81.4. The van der Waals surface area contributed by atoms with Crippen LogP contribution in [0.1, 0.15) is 65.2 Å².